The third-order valence-electron chi connectivity index (χ3n) is 4.13. The topological polar surface area (TPSA) is 25.8 Å². The number of nitrogens with zero attached hydrogens (tertiary/aromatic N) is 2. The molecule has 1 heterocycles. The molecule has 1 aliphatic carbocycles. The SMILES string of the molecule is [B]C1(c2nc(C(C)C)ns2)CCCCCCCCC1. The fraction of sp³-hybridized carbons (Fsp3) is 0.867. The summed E-state index contributed by atoms with van der Waals surface area (Å²) in [5.74, 6) is 1.36. The van der Waals surface area contributed by atoms with E-state index in [1.165, 1.54) is 56.5 Å². The molecule has 0 aliphatic heterocycles. The van der Waals surface area contributed by atoms with E-state index < -0.39 is 0 Å². The van der Waals surface area contributed by atoms with Gasteiger partial charge in [0, 0.05) is 5.92 Å². The second-order valence-corrected chi connectivity index (χ2v) is 7.00. The number of rotatable bonds is 2. The maximum Gasteiger partial charge on any atom is 0.145 e. The second kappa shape index (κ2) is 6.87. The molecule has 0 N–H and O–H groups in total. The maximum atomic E-state index is 6.69. The minimum Gasteiger partial charge on any atom is -0.225 e. The molecule has 104 valence electrons. The molecule has 1 aliphatic rings. The molecule has 0 atom stereocenters. The molecule has 0 amide bonds. The van der Waals surface area contributed by atoms with E-state index in [1.54, 1.807) is 0 Å². The molecule has 2 nitrogen and oxygen atoms in total. The third kappa shape index (κ3) is 4.04. The lowest BCUT2D eigenvalue weighted by molar-refractivity contribution is 0.423. The standard InChI is InChI=1S/C15H25BN2S/c1-12(2)13-17-14(19-18-13)15(16)10-8-6-4-3-5-7-9-11-15/h12H,3-11H2,1-2H3. The molecule has 4 heteroatoms. The molecule has 0 spiro atoms. The molecule has 0 aromatic carbocycles. The van der Waals surface area contributed by atoms with Crippen molar-refractivity contribution in [2.75, 3.05) is 0 Å². The minimum atomic E-state index is -0.220. The van der Waals surface area contributed by atoms with Crippen molar-refractivity contribution >= 4 is 19.4 Å². The summed E-state index contributed by atoms with van der Waals surface area (Å²) in [5, 5.41) is 0.846. The fourth-order valence-electron chi connectivity index (χ4n) is 2.78. The van der Waals surface area contributed by atoms with Crippen LogP contribution < -0.4 is 0 Å². The summed E-state index contributed by atoms with van der Waals surface area (Å²) in [6, 6.07) is 0. The number of aromatic nitrogens is 2. The monoisotopic (exact) mass is 276 g/mol. The zero-order chi connectivity index (χ0) is 13.7. The predicted octanol–water partition coefficient (Wildman–Crippen LogP) is 4.55. The Morgan fingerprint density at radius 1 is 1.00 bits per heavy atom. The van der Waals surface area contributed by atoms with Crippen LogP contribution in [0.1, 0.15) is 88.4 Å². The van der Waals surface area contributed by atoms with E-state index in [4.69, 9.17) is 12.8 Å². The first kappa shape index (κ1) is 15.0. The number of hydrogen-bond acceptors (Lipinski definition) is 3. The van der Waals surface area contributed by atoms with Gasteiger partial charge in [0.05, 0.1) is 7.85 Å². The van der Waals surface area contributed by atoms with E-state index >= 15 is 0 Å². The fourth-order valence-corrected chi connectivity index (χ4v) is 3.73. The van der Waals surface area contributed by atoms with Crippen molar-refractivity contribution in [3.63, 3.8) is 0 Å². The highest BCUT2D eigenvalue weighted by Crippen LogP contribution is 2.35. The van der Waals surface area contributed by atoms with Gasteiger partial charge in [-0.15, -0.1) is 0 Å². The molecular weight excluding hydrogens is 251 g/mol. The molecule has 19 heavy (non-hydrogen) atoms. The van der Waals surface area contributed by atoms with Crippen LogP contribution in [-0.4, -0.2) is 17.2 Å². The van der Waals surface area contributed by atoms with Gasteiger partial charge in [0.2, 0.25) is 0 Å². The zero-order valence-corrected chi connectivity index (χ0v) is 13.1. The molecule has 0 unspecified atom stereocenters. The van der Waals surface area contributed by atoms with Gasteiger partial charge in [0.25, 0.3) is 0 Å². The van der Waals surface area contributed by atoms with Gasteiger partial charge < -0.3 is 0 Å². The Morgan fingerprint density at radius 2 is 1.53 bits per heavy atom. The third-order valence-corrected chi connectivity index (χ3v) is 5.08. The summed E-state index contributed by atoms with van der Waals surface area (Å²) in [6.07, 6.45) is 11.4. The van der Waals surface area contributed by atoms with Crippen LogP contribution in [0.25, 0.3) is 0 Å². The molecule has 0 bridgehead atoms. The van der Waals surface area contributed by atoms with Gasteiger partial charge in [0.1, 0.15) is 10.8 Å². The van der Waals surface area contributed by atoms with Crippen LogP contribution >= 0.6 is 11.5 Å². The minimum absolute atomic E-state index is 0.220. The quantitative estimate of drug-likeness (QED) is 0.740. The average molecular weight is 276 g/mol. The summed E-state index contributed by atoms with van der Waals surface area (Å²) in [5.41, 5.74) is 0. The highest BCUT2D eigenvalue weighted by molar-refractivity contribution is 7.05. The van der Waals surface area contributed by atoms with Gasteiger partial charge in [-0.05, 0) is 29.7 Å². The predicted molar refractivity (Wildman–Crippen MR) is 83.0 cm³/mol. The first-order chi connectivity index (χ1) is 9.12. The molecular formula is C15H25BN2S. The van der Waals surface area contributed by atoms with Gasteiger partial charge in [-0.25, -0.2) is 4.98 Å². The van der Waals surface area contributed by atoms with E-state index in [1.807, 2.05) is 0 Å². The highest BCUT2D eigenvalue weighted by Gasteiger charge is 2.29. The lowest BCUT2D eigenvalue weighted by Gasteiger charge is -2.28. The molecule has 2 rings (SSSR count). The highest BCUT2D eigenvalue weighted by atomic mass is 32.1. The Bertz CT molecular complexity index is 379. The Kier molecular flexibility index (Phi) is 5.43. The molecule has 2 radical (unpaired) electrons. The van der Waals surface area contributed by atoms with Crippen LogP contribution in [0, 0.1) is 0 Å². The Morgan fingerprint density at radius 3 is 2.00 bits per heavy atom. The molecule has 1 aromatic rings. The van der Waals surface area contributed by atoms with Gasteiger partial charge in [-0.1, -0.05) is 58.8 Å². The Labute approximate surface area is 123 Å². The van der Waals surface area contributed by atoms with E-state index in [0.717, 1.165) is 23.7 Å². The molecule has 0 saturated heterocycles. The molecule has 1 saturated carbocycles. The first-order valence-corrected chi connectivity index (χ1v) is 8.52. The number of hydrogen-bond donors (Lipinski definition) is 0. The average Bonchev–Trinajstić information content (AvgIpc) is 2.88. The summed E-state index contributed by atoms with van der Waals surface area (Å²) in [7, 11) is 6.69. The summed E-state index contributed by atoms with van der Waals surface area (Å²) in [4.78, 5) is 4.71. The largest absolute Gasteiger partial charge is 0.225 e. The molecule has 1 fully saturated rings. The van der Waals surface area contributed by atoms with Crippen LogP contribution in [0.2, 0.25) is 0 Å². The van der Waals surface area contributed by atoms with E-state index in [9.17, 15) is 0 Å². The normalized spacial score (nSPS) is 21.4. The van der Waals surface area contributed by atoms with Crippen LogP contribution in [0.4, 0.5) is 0 Å². The Balaban J connectivity index is 2.10. The van der Waals surface area contributed by atoms with Crippen LogP contribution in [0.5, 0.6) is 0 Å². The Hall–Kier alpha value is -0.375. The lowest BCUT2D eigenvalue weighted by atomic mass is 9.63. The smallest absolute Gasteiger partial charge is 0.145 e. The van der Waals surface area contributed by atoms with Crippen LogP contribution in [0.3, 0.4) is 0 Å². The summed E-state index contributed by atoms with van der Waals surface area (Å²) in [6.45, 7) is 4.28. The van der Waals surface area contributed by atoms with E-state index in [2.05, 4.69) is 18.2 Å². The van der Waals surface area contributed by atoms with Gasteiger partial charge in [0.15, 0.2) is 0 Å². The van der Waals surface area contributed by atoms with Crippen molar-refractivity contribution in [2.24, 2.45) is 0 Å². The molecule has 1 aromatic heterocycles. The van der Waals surface area contributed by atoms with E-state index in [0.29, 0.717) is 5.92 Å². The van der Waals surface area contributed by atoms with Crippen molar-refractivity contribution in [2.45, 2.75) is 82.9 Å². The van der Waals surface area contributed by atoms with E-state index in [-0.39, 0.29) is 5.31 Å². The summed E-state index contributed by atoms with van der Waals surface area (Å²) >= 11 is 1.53. The first-order valence-electron chi connectivity index (χ1n) is 7.75. The van der Waals surface area contributed by atoms with Crippen LogP contribution in [0.15, 0.2) is 0 Å². The van der Waals surface area contributed by atoms with Crippen molar-refractivity contribution in [3.8, 4) is 0 Å². The van der Waals surface area contributed by atoms with Crippen molar-refractivity contribution in [1.29, 1.82) is 0 Å². The van der Waals surface area contributed by atoms with Crippen LogP contribution in [-0.2, 0) is 5.31 Å². The van der Waals surface area contributed by atoms with Crippen molar-refractivity contribution in [1.82, 2.24) is 9.36 Å². The van der Waals surface area contributed by atoms with Crippen molar-refractivity contribution in [3.05, 3.63) is 10.8 Å². The maximum absolute atomic E-state index is 6.69. The lowest BCUT2D eigenvalue weighted by Crippen LogP contribution is -2.27. The summed E-state index contributed by atoms with van der Waals surface area (Å²) < 4.78 is 4.48. The zero-order valence-electron chi connectivity index (χ0n) is 12.3. The van der Waals surface area contributed by atoms with Gasteiger partial charge in [-0.2, -0.15) is 4.37 Å². The van der Waals surface area contributed by atoms with Crippen molar-refractivity contribution < 1.29 is 0 Å². The van der Waals surface area contributed by atoms with Gasteiger partial charge >= 0.3 is 0 Å². The van der Waals surface area contributed by atoms with Gasteiger partial charge in [-0.3, -0.25) is 0 Å². The second-order valence-electron chi connectivity index (χ2n) is 6.24.